The quantitative estimate of drug-likeness (QED) is 0.186. The van der Waals surface area contributed by atoms with Gasteiger partial charge in [-0.2, -0.15) is 0 Å². The molecule has 3 N–H and O–H groups in total. The number of amides is 1. The first-order valence-electron chi connectivity index (χ1n) is 15.1. The summed E-state index contributed by atoms with van der Waals surface area (Å²) in [5.41, 5.74) is 6.53. The molecule has 1 amide bonds. The summed E-state index contributed by atoms with van der Waals surface area (Å²) >= 11 is 0. The van der Waals surface area contributed by atoms with Gasteiger partial charge in [-0.25, -0.2) is 0 Å². The fourth-order valence-electron chi connectivity index (χ4n) is 5.50. The van der Waals surface area contributed by atoms with Gasteiger partial charge in [-0.15, -0.1) is 0 Å². The molecule has 0 bridgehead atoms. The summed E-state index contributed by atoms with van der Waals surface area (Å²) in [6, 6.07) is 17.8. The van der Waals surface area contributed by atoms with Crippen molar-refractivity contribution in [3.63, 3.8) is 0 Å². The Balaban J connectivity index is 1.62. The van der Waals surface area contributed by atoms with Gasteiger partial charge in [0.2, 0.25) is 0 Å². The number of benzene rings is 3. The van der Waals surface area contributed by atoms with Gasteiger partial charge in [-0.3, -0.25) is 4.79 Å². The highest BCUT2D eigenvalue weighted by molar-refractivity contribution is 6.15. The van der Waals surface area contributed by atoms with Crippen molar-refractivity contribution < 1.29 is 20.1 Å². The summed E-state index contributed by atoms with van der Waals surface area (Å²) in [6.45, 7) is 9.17. The third-order valence-electron chi connectivity index (χ3n) is 7.81. The van der Waals surface area contributed by atoms with Crippen molar-refractivity contribution >= 4 is 23.0 Å². The minimum atomic E-state index is -0.304. The highest BCUT2D eigenvalue weighted by atomic mass is 16.3. The van der Waals surface area contributed by atoms with Crippen LogP contribution in [0.4, 0.5) is 17.1 Å². The van der Waals surface area contributed by atoms with Gasteiger partial charge in [0, 0.05) is 25.2 Å². The third kappa shape index (κ3) is 8.10. The van der Waals surface area contributed by atoms with Gasteiger partial charge in [0.15, 0.2) is 0 Å². The Morgan fingerprint density at radius 1 is 0.744 bits per heavy atom. The molecule has 1 heterocycles. The second-order valence-corrected chi connectivity index (χ2v) is 11.6. The fraction of sp³-hybridized carbons (Fsp3) is 0.324. The Bertz CT molecular complexity index is 1520. The number of carbonyl (C=O) groups excluding carboxylic acids is 1. The number of carbonyl (C=O) groups is 1. The molecule has 6 heteroatoms. The van der Waals surface area contributed by atoms with Crippen LogP contribution in [0.25, 0.3) is 0 Å². The van der Waals surface area contributed by atoms with E-state index in [0.717, 1.165) is 37.7 Å². The first kappa shape index (κ1) is 31.5. The predicted molar refractivity (Wildman–Crippen MR) is 177 cm³/mol. The van der Waals surface area contributed by atoms with E-state index >= 15 is 0 Å². The van der Waals surface area contributed by atoms with Gasteiger partial charge in [0.1, 0.15) is 22.9 Å². The van der Waals surface area contributed by atoms with Crippen LogP contribution >= 0.6 is 0 Å². The molecular weight excluding hydrogens is 536 g/mol. The number of hydrogen-bond acceptors (Lipinski definition) is 5. The van der Waals surface area contributed by atoms with Crippen LogP contribution < -0.4 is 9.80 Å². The van der Waals surface area contributed by atoms with Crippen LogP contribution in [0.2, 0.25) is 0 Å². The van der Waals surface area contributed by atoms with E-state index in [4.69, 9.17) is 0 Å². The lowest BCUT2D eigenvalue weighted by atomic mass is 10.1. The second kappa shape index (κ2) is 14.6. The number of allylic oxidation sites excluding steroid dienone is 5. The number of para-hydroxylation sites is 1. The Labute approximate surface area is 255 Å². The van der Waals surface area contributed by atoms with Crippen molar-refractivity contribution in [1.82, 2.24) is 0 Å². The van der Waals surface area contributed by atoms with Crippen LogP contribution in [0, 0.1) is 0 Å². The van der Waals surface area contributed by atoms with Gasteiger partial charge < -0.3 is 25.1 Å². The largest absolute Gasteiger partial charge is 0.508 e. The number of anilines is 3. The molecule has 226 valence electrons. The van der Waals surface area contributed by atoms with E-state index in [-0.39, 0.29) is 29.7 Å². The number of aryl methyl sites for hydroxylation is 1. The van der Waals surface area contributed by atoms with Gasteiger partial charge in [0.05, 0.1) is 16.9 Å². The highest BCUT2D eigenvalue weighted by Crippen LogP contribution is 2.50. The highest BCUT2D eigenvalue weighted by Gasteiger charge is 2.34. The summed E-state index contributed by atoms with van der Waals surface area (Å²) in [5.74, 6) is -0.632. The fourth-order valence-corrected chi connectivity index (χ4v) is 5.50. The van der Waals surface area contributed by atoms with Crippen LogP contribution in [0.3, 0.4) is 0 Å². The summed E-state index contributed by atoms with van der Waals surface area (Å²) in [4.78, 5) is 17.5. The maximum Gasteiger partial charge on any atom is 0.260 e. The maximum atomic E-state index is 14.1. The molecule has 0 saturated heterocycles. The topological polar surface area (TPSA) is 84.2 Å². The normalized spacial score (nSPS) is 13.4. The molecule has 1 aliphatic rings. The SMILES string of the molecule is CC(C)=CCCC(C)=CCCC(C)=CCN1C(=O)c2cccc(O)c2N(CCCc2ccccc2)c2c(O)cc(O)cc21. The minimum Gasteiger partial charge on any atom is -0.508 e. The average molecular weight is 581 g/mol. The van der Waals surface area contributed by atoms with Crippen molar-refractivity contribution in [3.05, 3.63) is 107 Å². The Kier molecular flexibility index (Phi) is 10.7. The van der Waals surface area contributed by atoms with Gasteiger partial charge in [-0.1, -0.05) is 71.3 Å². The van der Waals surface area contributed by atoms with E-state index in [0.29, 0.717) is 35.6 Å². The summed E-state index contributed by atoms with van der Waals surface area (Å²) < 4.78 is 0. The smallest absolute Gasteiger partial charge is 0.260 e. The van der Waals surface area contributed by atoms with Gasteiger partial charge in [0.25, 0.3) is 5.91 Å². The zero-order valence-corrected chi connectivity index (χ0v) is 25.8. The molecule has 0 spiro atoms. The van der Waals surface area contributed by atoms with E-state index in [1.807, 2.05) is 29.2 Å². The molecule has 0 aromatic heterocycles. The standard InChI is InChI=1S/C37H44N2O4/c1-26(2)12-8-13-27(3)14-9-15-28(4)21-23-38-32-24-30(40)25-34(42)36(32)39(22-11-18-29-16-6-5-7-17-29)35-31(37(38)43)19-10-20-33(35)41/h5-7,10,12,14,16-17,19-21,24-25,40-42H,8-9,11,13,15,18,22-23H2,1-4H3. The molecule has 0 unspecified atom stereocenters. The molecule has 3 aromatic rings. The lowest BCUT2D eigenvalue weighted by molar-refractivity contribution is 0.0990. The first-order chi connectivity index (χ1) is 20.7. The lowest BCUT2D eigenvalue weighted by Gasteiger charge is -2.28. The van der Waals surface area contributed by atoms with E-state index in [2.05, 4.69) is 52.0 Å². The van der Waals surface area contributed by atoms with Crippen LogP contribution in [0.5, 0.6) is 17.2 Å². The molecule has 3 aromatic carbocycles. The first-order valence-corrected chi connectivity index (χ1v) is 15.1. The molecule has 4 rings (SSSR count). The minimum absolute atomic E-state index is 0.0377. The molecule has 0 fully saturated rings. The molecule has 0 atom stereocenters. The van der Waals surface area contributed by atoms with Crippen molar-refractivity contribution in [2.75, 3.05) is 22.9 Å². The van der Waals surface area contributed by atoms with Crippen molar-refractivity contribution in [1.29, 1.82) is 0 Å². The molecule has 1 aliphatic heterocycles. The van der Waals surface area contributed by atoms with Crippen LogP contribution in [0.1, 0.15) is 75.7 Å². The molecular formula is C37H44N2O4. The summed E-state index contributed by atoms with van der Waals surface area (Å²) in [7, 11) is 0. The lowest BCUT2D eigenvalue weighted by Crippen LogP contribution is -2.30. The third-order valence-corrected chi connectivity index (χ3v) is 7.81. The van der Waals surface area contributed by atoms with Crippen LogP contribution in [0.15, 0.2) is 95.6 Å². The number of rotatable bonds is 12. The molecule has 43 heavy (non-hydrogen) atoms. The predicted octanol–water partition coefficient (Wildman–Crippen LogP) is 8.95. The van der Waals surface area contributed by atoms with E-state index in [1.165, 1.54) is 28.8 Å². The number of phenolic OH excluding ortho intramolecular Hbond substituents is 3. The van der Waals surface area contributed by atoms with E-state index < -0.39 is 0 Å². The van der Waals surface area contributed by atoms with Crippen molar-refractivity contribution in [2.24, 2.45) is 0 Å². The Hall–Kier alpha value is -4.45. The number of hydrogen-bond donors (Lipinski definition) is 3. The Morgan fingerprint density at radius 3 is 2.16 bits per heavy atom. The van der Waals surface area contributed by atoms with E-state index in [9.17, 15) is 20.1 Å². The van der Waals surface area contributed by atoms with Crippen molar-refractivity contribution in [2.45, 2.75) is 66.2 Å². The van der Waals surface area contributed by atoms with Gasteiger partial charge in [-0.05, 0) is 83.9 Å². The number of nitrogens with zero attached hydrogens (tertiary/aromatic N) is 2. The van der Waals surface area contributed by atoms with Crippen molar-refractivity contribution in [3.8, 4) is 17.2 Å². The zero-order chi connectivity index (χ0) is 30.9. The second-order valence-electron chi connectivity index (χ2n) is 11.6. The monoisotopic (exact) mass is 580 g/mol. The zero-order valence-electron chi connectivity index (χ0n) is 25.8. The molecule has 6 nitrogen and oxygen atoms in total. The molecule has 0 aliphatic carbocycles. The maximum absolute atomic E-state index is 14.1. The summed E-state index contributed by atoms with van der Waals surface area (Å²) in [6.07, 6.45) is 12.0. The number of fused-ring (bicyclic) bond motifs is 2. The summed E-state index contributed by atoms with van der Waals surface area (Å²) in [5, 5.41) is 32.7. The molecule has 0 saturated carbocycles. The molecule has 0 radical (unpaired) electrons. The number of phenols is 3. The van der Waals surface area contributed by atoms with Crippen LogP contribution in [-0.4, -0.2) is 34.3 Å². The van der Waals surface area contributed by atoms with Crippen LogP contribution in [-0.2, 0) is 6.42 Å². The number of aromatic hydroxyl groups is 3. The average Bonchev–Trinajstić information content (AvgIpc) is 3.05. The van der Waals surface area contributed by atoms with E-state index in [1.54, 1.807) is 23.1 Å². The van der Waals surface area contributed by atoms with Gasteiger partial charge >= 0.3 is 0 Å². The Morgan fingerprint density at radius 2 is 1.44 bits per heavy atom.